The summed E-state index contributed by atoms with van der Waals surface area (Å²) in [6.07, 6.45) is 0.700. The third-order valence-electron chi connectivity index (χ3n) is 4.75. The lowest BCUT2D eigenvalue weighted by molar-refractivity contribution is -0.113. The number of anilines is 1. The largest absolute Gasteiger partial charge is 0.494 e. The molecule has 0 bridgehead atoms. The second-order valence-corrected chi connectivity index (χ2v) is 9.61. The predicted molar refractivity (Wildman–Crippen MR) is 126 cm³/mol. The highest BCUT2D eigenvalue weighted by Gasteiger charge is 2.27. The van der Waals surface area contributed by atoms with Crippen LogP contribution >= 0.6 is 23.5 Å². The first-order valence-electron chi connectivity index (χ1n) is 10.2. The van der Waals surface area contributed by atoms with Crippen LogP contribution in [0.15, 0.2) is 63.4 Å². The normalized spacial score (nSPS) is 14.8. The zero-order valence-corrected chi connectivity index (χ0v) is 19.3. The number of fused-ring (bicyclic) bond motifs is 1. The van der Waals surface area contributed by atoms with Gasteiger partial charge in [0.2, 0.25) is 5.91 Å². The number of nitrogens with one attached hydrogen (secondary N) is 1. The Bertz CT molecular complexity index is 1180. The van der Waals surface area contributed by atoms with E-state index in [2.05, 4.69) is 10.3 Å². The number of rotatable bonds is 7. The van der Waals surface area contributed by atoms with Crippen molar-refractivity contribution in [3.8, 4) is 11.4 Å². The first-order valence-corrected chi connectivity index (χ1v) is 12.0. The summed E-state index contributed by atoms with van der Waals surface area (Å²) in [5, 5.41) is 3.51. The molecule has 3 aromatic rings. The molecule has 1 aromatic heterocycles. The van der Waals surface area contributed by atoms with E-state index in [1.54, 1.807) is 24.3 Å². The summed E-state index contributed by atoms with van der Waals surface area (Å²) in [5.74, 6) is 0.199. The Kier molecular flexibility index (Phi) is 6.86. The number of ether oxygens (including phenoxy) is 1. The molecule has 166 valence electrons. The molecule has 1 aliphatic rings. The second kappa shape index (κ2) is 9.79. The predicted octanol–water partition coefficient (Wildman–Crippen LogP) is 4.54. The van der Waals surface area contributed by atoms with Crippen molar-refractivity contribution in [2.45, 2.75) is 35.6 Å². The van der Waals surface area contributed by atoms with Gasteiger partial charge in [0.1, 0.15) is 11.6 Å². The molecule has 1 aliphatic heterocycles. The SMILES string of the molecule is CCOc1ccc(NC(=O)CSc2nc3c(c(=O)n2-c2ccc(F)cc2)SC(C)C3)cc1. The van der Waals surface area contributed by atoms with E-state index in [0.29, 0.717) is 34.5 Å². The molecule has 0 saturated heterocycles. The summed E-state index contributed by atoms with van der Waals surface area (Å²) < 4.78 is 20.3. The maximum Gasteiger partial charge on any atom is 0.272 e. The van der Waals surface area contributed by atoms with Gasteiger partial charge in [-0.1, -0.05) is 18.7 Å². The topological polar surface area (TPSA) is 73.2 Å². The second-order valence-electron chi connectivity index (χ2n) is 7.21. The number of amides is 1. The molecule has 9 heteroatoms. The van der Waals surface area contributed by atoms with Crippen molar-refractivity contribution in [1.29, 1.82) is 0 Å². The van der Waals surface area contributed by atoms with Crippen molar-refractivity contribution < 1.29 is 13.9 Å². The van der Waals surface area contributed by atoms with Crippen molar-refractivity contribution in [2.24, 2.45) is 0 Å². The highest BCUT2D eigenvalue weighted by molar-refractivity contribution is 8.00. The van der Waals surface area contributed by atoms with E-state index in [1.807, 2.05) is 13.8 Å². The van der Waals surface area contributed by atoms with Gasteiger partial charge in [-0.3, -0.25) is 14.2 Å². The summed E-state index contributed by atoms with van der Waals surface area (Å²) in [6.45, 7) is 4.53. The first kappa shape index (κ1) is 22.4. The van der Waals surface area contributed by atoms with Gasteiger partial charge in [-0.2, -0.15) is 0 Å². The number of carbonyl (C=O) groups is 1. The molecule has 1 atom stereocenters. The molecular formula is C23H22FN3O3S2. The van der Waals surface area contributed by atoms with Crippen molar-refractivity contribution in [1.82, 2.24) is 9.55 Å². The fourth-order valence-corrected chi connectivity index (χ4v) is 5.27. The van der Waals surface area contributed by atoms with E-state index < -0.39 is 0 Å². The number of hydrogen-bond acceptors (Lipinski definition) is 6. The Balaban J connectivity index is 1.55. The number of thioether (sulfide) groups is 2. The molecule has 0 saturated carbocycles. The van der Waals surface area contributed by atoms with Crippen molar-refractivity contribution in [3.05, 3.63) is 70.4 Å². The van der Waals surface area contributed by atoms with Crippen LogP contribution in [-0.4, -0.2) is 33.1 Å². The van der Waals surface area contributed by atoms with Crippen LogP contribution in [0.25, 0.3) is 5.69 Å². The van der Waals surface area contributed by atoms with Crippen LogP contribution in [-0.2, 0) is 11.2 Å². The van der Waals surface area contributed by atoms with E-state index in [-0.39, 0.29) is 28.3 Å². The maximum absolute atomic E-state index is 13.4. The fraction of sp³-hybridized carbons (Fsp3) is 0.261. The molecule has 6 nitrogen and oxygen atoms in total. The van der Waals surface area contributed by atoms with Gasteiger partial charge in [-0.05, 0) is 55.5 Å². The molecule has 0 fully saturated rings. The molecule has 0 radical (unpaired) electrons. The molecule has 1 amide bonds. The summed E-state index contributed by atoms with van der Waals surface area (Å²) in [7, 11) is 0. The first-order chi connectivity index (χ1) is 15.4. The lowest BCUT2D eigenvalue weighted by Crippen LogP contribution is -2.24. The lowest BCUT2D eigenvalue weighted by Gasteiger charge is -2.14. The van der Waals surface area contributed by atoms with E-state index in [4.69, 9.17) is 4.74 Å². The minimum Gasteiger partial charge on any atom is -0.494 e. The number of carbonyl (C=O) groups excluding carboxylic acids is 1. The Morgan fingerprint density at radius 3 is 2.66 bits per heavy atom. The van der Waals surface area contributed by atoms with Crippen LogP contribution in [0.1, 0.15) is 19.5 Å². The number of nitrogens with zero attached hydrogens (tertiary/aromatic N) is 2. The van der Waals surface area contributed by atoms with Crippen LogP contribution in [0, 0.1) is 5.82 Å². The minimum atomic E-state index is -0.386. The Morgan fingerprint density at radius 2 is 1.97 bits per heavy atom. The van der Waals surface area contributed by atoms with Gasteiger partial charge < -0.3 is 10.1 Å². The van der Waals surface area contributed by atoms with E-state index >= 15 is 0 Å². The zero-order valence-electron chi connectivity index (χ0n) is 17.6. The molecule has 1 unspecified atom stereocenters. The summed E-state index contributed by atoms with van der Waals surface area (Å²) in [5.41, 5.74) is 1.73. The van der Waals surface area contributed by atoms with Gasteiger partial charge >= 0.3 is 0 Å². The molecule has 0 aliphatic carbocycles. The average Bonchev–Trinajstić information content (AvgIpc) is 3.15. The van der Waals surface area contributed by atoms with E-state index in [0.717, 1.165) is 11.4 Å². The van der Waals surface area contributed by atoms with Crippen LogP contribution in [0.2, 0.25) is 0 Å². The highest BCUT2D eigenvalue weighted by Crippen LogP contribution is 2.35. The fourth-order valence-electron chi connectivity index (χ4n) is 3.34. The smallest absolute Gasteiger partial charge is 0.272 e. The number of aromatic nitrogens is 2. The van der Waals surface area contributed by atoms with Gasteiger partial charge in [0.15, 0.2) is 5.16 Å². The van der Waals surface area contributed by atoms with Crippen LogP contribution < -0.4 is 15.6 Å². The third-order valence-corrected chi connectivity index (χ3v) is 6.90. The standard InChI is InChI=1S/C23H22FN3O3S2/c1-3-30-18-10-6-16(7-11-18)25-20(28)13-31-23-26-19-12-14(2)32-21(19)22(29)27(23)17-8-4-15(24)5-9-17/h4-11,14H,3,12-13H2,1-2H3,(H,25,28). The van der Waals surface area contributed by atoms with E-state index in [1.165, 1.54) is 52.4 Å². The molecule has 32 heavy (non-hydrogen) atoms. The van der Waals surface area contributed by atoms with Crippen molar-refractivity contribution in [3.63, 3.8) is 0 Å². The highest BCUT2D eigenvalue weighted by atomic mass is 32.2. The van der Waals surface area contributed by atoms with E-state index in [9.17, 15) is 14.0 Å². The summed E-state index contributed by atoms with van der Waals surface area (Å²) >= 11 is 2.68. The molecule has 0 spiro atoms. The Hall–Kier alpha value is -2.78. The number of halogens is 1. The molecular weight excluding hydrogens is 449 g/mol. The van der Waals surface area contributed by atoms with Crippen LogP contribution in [0.4, 0.5) is 10.1 Å². The van der Waals surface area contributed by atoms with Crippen LogP contribution in [0.3, 0.4) is 0 Å². The maximum atomic E-state index is 13.4. The molecule has 2 aromatic carbocycles. The van der Waals surface area contributed by atoms with Crippen molar-refractivity contribution in [2.75, 3.05) is 17.7 Å². The molecule has 4 rings (SSSR count). The number of hydrogen-bond donors (Lipinski definition) is 1. The summed E-state index contributed by atoms with van der Waals surface area (Å²) in [4.78, 5) is 31.0. The monoisotopic (exact) mass is 471 g/mol. The van der Waals surface area contributed by atoms with Gasteiger partial charge in [0.05, 0.1) is 28.6 Å². The molecule has 2 heterocycles. The lowest BCUT2D eigenvalue weighted by atomic mass is 10.2. The van der Waals surface area contributed by atoms with Gasteiger partial charge in [0.25, 0.3) is 5.56 Å². The van der Waals surface area contributed by atoms with Gasteiger partial charge in [0, 0.05) is 17.4 Å². The third kappa shape index (κ3) is 4.99. The average molecular weight is 472 g/mol. The molecule has 1 N–H and O–H groups in total. The summed E-state index contributed by atoms with van der Waals surface area (Å²) in [6, 6.07) is 12.8. The zero-order chi connectivity index (χ0) is 22.7. The quantitative estimate of drug-likeness (QED) is 0.403. The van der Waals surface area contributed by atoms with Crippen LogP contribution in [0.5, 0.6) is 5.75 Å². The Labute approximate surface area is 193 Å². The number of benzene rings is 2. The van der Waals surface area contributed by atoms with Crippen molar-refractivity contribution >= 4 is 35.1 Å². The van der Waals surface area contributed by atoms with Gasteiger partial charge in [-0.25, -0.2) is 9.37 Å². The van der Waals surface area contributed by atoms with Gasteiger partial charge in [-0.15, -0.1) is 11.8 Å². The minimum absolute atomic E-state index is 0.0718. The Morgan fingerprint density at radius 1 is 1.25 bits per heavy atom.